The Bertz CT molecular complexity index is 394. The van der Waals surface area contributed by atoms with Gasteiger partial charge in [0.25, 0.3) is 0 Å². The van der Waals surface area contributed by atoms with Crippen LogP contribution in [0.1, 0.15) is 40.0 Å². The fraction of sp³-hybridized carbons (Fsp3) is 0.643. The second kappa shape index (κ2) is 8.35. The summed E-state index contributed by atoms with van der Waals surface area (Å²) >= 11 is 0. The molecule has 0 saturated heterocycles. The van der Waals surface area contributed by atoms with E-state index in [4.69, 9.17) is 9.84 Å². The molecule has 114 valence electrons. The highest BCUT2D eigenvalue weighted by molar-refractivity contribution is 5.79. The van der Waals surface area contributed by atoms with Crippen LogP contribution in [-0.4, -0.2) is 36.7 Å². The minimum Gasteiger partial charge on any atom is -0.481 e. The average Bonchev–Trinajstić information content (AvgIpc) is 2.32. The van der Waals surface area contributed by atoms with Crippen LogP contribution in [0.2, 0.25) is 0 Å². The molecule has 1 N–H and O–H groups in total. The smallest absolute Gasteiger partial charge is 0.315 e. The molecule has 0 heterocycles. The van der Waals surface area contributed by atoms with Crippen molar-refractivity contribution >= 4 is 17.9 Å². The number of carbonyl (C=O) groups is 3. The van der Waals surface area contributed by atoms with Crippen LogP contribution in [0.3, 0.4) is 0 Å². The van der Waals surface area contributed by atoms with Crippen molar-refractivity contribution in [3.8, 4) is 0 Å². The van der Waals surface area contributed by atoms with Crippen molar-refractivity contribution in [2.45, 2.75) is 40.0 Å². The number of carbonyl (C=O) groups excluding carboxylic acids is 2. The van der Waals surface area contributed by atoms with Crippen LogP contribution in [0.4, 0.5) is 0 Å². The molecule has 0 spiro atoms. The third-order valence-electron chi connectivity index (χ3n) is 2.54. The van der Waals surface area contributed by atoms with Crippen LogP contribution < -0.4 is 0 Å². The Morgan fingerprint density at radius 2 is 1.85 bits per heavy atom. The van der Waals surface area contributed by atoms with Gasteiger partial charge in [-0.2, -0.15) is 0 Å². The molecule has 0 aliphatic rings. The first-order chi connectivity index (χ1) is 9.19. The first kappa shape index (κ1) is 18.1. The summed E-state index contributed by atoms with van der Waals surface area (Å²) < 4.78 is 9.57. The molecular formula is C14H22O6. The summed E-state index contributed by atoms with van der Waals surface area (Å²) in [6, 6.07) is 0. The van der Waals surface area contributed by atoms with E-state index >= 15 is 0 Å². The second-order valence-corrected chi connectivity index (χ2v) is 5.10. The van der Waals surface area contributed by atoms with Gasteiger partial charge in [-0.3, -0.25) is 14.4 Å². The van der Waals surface area contributed by atoms with Gasteiger partial charge in [-0.15, -0.1) is 0 Å². The molecule has 0 aromatic rings. The third kappa shape index (κ3) is 7.56. The Hall–Kier alpha value is -1.85. The highest BCUT2D eigenvalue weighted by Crippen LogP contribution is 2.22. The predicted molar refractivity (Wildman–Crippen MR) is 72.0 cm³/mol. The number of esters is 2. The zero-order valence-electron chi connectivity index (χ0n) is 12.4. The molecule has 0 aromatic carbocycles. The van der Waals surface area contributed by atoms with E-state index in [2.05, 4.69) is 4.74 Å². The van der Waals surface area contributed by atoms with Gasteiger partial charge in [-0.25, -0.2) is 0 Å². The molecule has 0 saturated carbocycles. The summed E-state index contributed by atoms with van der Waals surface area (Å²) in [4.78, 5) is 33.3. The van der Waals surface area contributed by atoms with Crippen molar-refractivity contribution in [2.75, 3.05) is 13.7 Å². The van der Waals surface area contributed by atoms with E-state index < -0.39 is 17.4 Å². The summed E-state index contributed by atoms with van der Waals surface area (Å²) in [5.41, 5.74) is -0.105. The molecular weight excluding hydrogens is 264 g/mol. The molecule has 0 bridgehead atoms. The molecule has 0 rings (SSSR count). The topological polar surface area (TPSA) is 89.9 Å². The number of methoxy groups -OCH3 is 1. The number of carboxylic acids is 1. The lowest BCUT2D eigenvalue weighted by atomic mass is 9.90. The zero-order valence-corrected chi connectivity index (χ0v) is 12.4. The fourth-order valence-electron chi connectivity index (χ4n) is 1.68. The first-order valence-corrected chi connectivity index (χ1v) is 6.33. The minimum absolute atomic E-state index is 0.0303. The van der Waals surface area contributed by atoms with Crippen molar-refractivity contribution in [1.82, 2.24) is 0 Å². The van der Waals surface area contributed by atoms with E-state index in [1.54, 1.807) is 26.8 Å². The highest BCUT2D eigenvalue weighted by atomic mass is 16.5. The van der Waals surface area contributed by atoms with E-state index in [1.165, 1.54) is 7.11 Å². The number of aliphatic carboxylic acids is 1. The molecule has 6 heteroatoms. The van der Waals surface area contributed by atoms with E-state index in [1.807, 2.05) is 0 Å². The van der Waals surface area contributed by atoms with Gasteiger partial charge < -0.3 is 14.6 Å². The van der Waals surface area contributed by atoms with Gasteiger partial charge in [0.15, 0.2) is 0 Å². The Kier molecular flexibility index (Phi) is 7.57. The maximum Gasteiger partial charge on any atom is 0.315 e. The number of ether oxygens (including phenoxy) is 2. The molecule has 0 radical (unpaired) electrons. The van der Waals surface area contributed by atoms with E-state index in [9.17, 15) is 14.4 Å². The van der Waals surface area contributed by atoms with Crippen LogP contribution in [0.25, 0.3) is 0 Å². The lowest BCUT2D eigenvalue weighted by Gasteiger charge is -2.18. The van der Waals surface area contributed by atoms with Gasteiger partial charge >= 0.3 is 17.9 Å². The normalized spacial score (nSPS) is 11.9. The SMILES string of the molecule is COC(=O)C(C)(C)C=C(C)CC(=O)OCCCC(=O)O. The van der Waals surface area contributed by atoms with Gasteiger partial charge in [-0.05, 0) is 27.2 Å². The van der Waals surface area contributed by atoms with E-state index in [0.29, 0.717) is 5.57 Å². The van der Waals surface area contributed by atoms with Gasteiger partial charge in [0.05, 0.1) is 25.6 Å². The maximum absolute atomic E-state index is 11.5. The lowest BCUT2D eigenvalue weighted by Crippen LogP contribution is -2.23. The molecule has 0 aromatic heterocycles. The number of hydrogen-bond acceptors (Lipinski definition) is 5. The van der Waals surface area contributed by atoms with E-state index in [-0.39, 0.29) is 31.8 Å². The summed E-state index contributed by atoms with van der Waals surface area (Å²) in [6.07, 6.45) is 1.99. The molecule has 0 aliphatic heterocycles. The molecule has 0 fully saturated rings. The van der Waals surface area contributed by atoms with Crippen molar-refractivity contribution in [2.24, 2.45) is 5.41 Å². The Balaban J connectivity index is 4.25. The lowest BCUT2D eigenvalue weighted by molar-refractivity contribution is -0.148. The Labute approximate surface area is 118 Å². The third-order valence-corrected chi connectivity index (χ3v) is 2.54. The molecule has 0 unspecified atom stereocenters. The largest absolute Gasteiger partial charge is 0.481 e. The quantitative estimate of drug-likeness (QED) is 0.416. The summed E-state index contributed by atoms with van der Waals surface area (Å²) in [6.45, 7) is 5.20. The van der Waals surface area contributed by atoms with Crippen molar-refractivity contribution in [3.63, 3.8) is 0 Å². The minimum atomic E-state index is -0.919. The first-order valence-electron chi connectivity index (χ1n) is 6.33. The summed E-state index contributed by atoms with van der Waals surface area (Å²) in [5, 5.41) is 8.43. The van der Waals surface area contributed by atoms with Gasteiger partial charge in [0, 0.05) is 6.42 Å². The van der Waals surface area contributed by atoms with Gasteiger partial charge in [-0.1, -0.05) is 11.6 Å². The van der Waals surface area contributed by atoms with Crippen LogP contribution in [0.15, 0.2) is 11.6 Å². The van der Waals surface area contributed by atoms with Crippen molar-refractivity contribution in [1.29, 1.82) is 0 Å². The van der Waals surface area contributed by atoms with Gasteiger partial charge in [0.1, 0.15) is 0 Å². The zero-order chi connectivity index (χ0) is 15.8. The number of hydrogen-bond donors (Lipinski definition) is 1. The Morgan fingerprint density at radius 3 is 2.35 bits per heavy atom. The molecule has 0 amide bonds. The number of rotatable bonds is 8. The van der Waals surface area contributed by atoms with Crippen LogP contribution in [0.5, 0.6) is 0 Å². The van der Waals surface area contributed by atoms with Crippen LogP contribution in [-0.2, 0) is 23.9 Å². The average molecular weight is 286 g/mol. The standard InChI is InChI=1S/C14H22O6/c1-10(9-14(2,3)13(18)19-4)8-12(17)20-7-5-6-11(15)16/h9H,5-8H2,1-4H3,(H,15,16). The maximum atomic E-state index is 11.5. The van der Waals surface area contributed by atoms with Crippen LogP contribution >= 0.6 is 0 Å². The summed E-state index contributed by atoms with van der Waals surface area (Å²) in [5.74, 6) is -1.74. The molecule has 0 aliphatic carbocycles. The molecule has 0 atom stereocenters. The second-order valence-electron chi connectivity index (χ2n) is 5.10. The highest BCUT2D eigenvalue weighted by Gasteiger charge is 2.26. The van der Waals surface area contributed by atoms with Crippen LogP contribution in [0, 0.1) is 5.41 Å². The molecule has 20 heavy (non-hydrogen) atoms. The van der Waals surface area contributed by atoms with Crippen molar-refractivity contribution in [3.05, 3.63) is 11.6 Å². The van der Waals surface area contributed by atoms with Crippen molar-refractivity contribution < 1.29 is 29.0 Å². The fourth-order valence-corrected chi connectivity index (χ4v) is 1.68. The van der Waals surface area contributed by atoms with Gasteiger partial charge in [0.2, 0.25) is 0 Å². The van der Waals surface area contributed by atoms with E-state index in [0.717, 1.165) is 0 Å². The monoisotopic (exact) mass is 286 g/mol. The molecule has 6 nitrogen and oxygen atoms in total. The Morgan fingerprint density at radius 1 is 1.25 bits per heavy atom. The summed E-state index contributed by atoms with van der Waals surface area (Å²) in [7, 11) is 1.31. The number of carboxylic acid groups (broad SMARTS) is 1. The predicted octanol–water partition coefficient (Wildman–Crippen LogP) is 1.93.